The fourth-order valence-corrected chi connectivity index (χ4v) is 2.51. The average molecular weight is 377 g/mol. The van der Waals surface area contributed by atoms with Crippen molar-refractivity contribution in [2.45, 2.75) is 0 Å². The minimum atomic E-state index is -0.433. The molecule has 1 heterocycles. The van der Waals surface area contributed by atoms with Gasteiger partial charge in [0.15, 0.2) is 0 Å². The lowest BCUT2D eigenvalue weighted by Crippen LogP contribution is -2.13. The Morgan fingerprint density at radius 2 is 1.61 bits per heavy atom. The van der Waals surface area contributed by atoms with E-state index in [1.165, 1.54) is 7.11 Å². The number of para-hydroxylation sites is 2. The Labute approximate surface area is 162 Å². The molecule has 28 heavy (non-hydrogen) atoms. The predicted octanol–water partition coefficient (Wildman–Crippen LogP) is 3.87. The smallest absolute Gasteiger partial charge is 0.337 e. The summed E-state index contributed by atoms with van der Waals surface area (Å²) in [6.07, 6.45) is 1.57. The van der Waals surface area contributed by atoms with Gasteiger partial charge < -0.3 is 20.1 Å². The van der Waals surface area contributed by atoms with Crippen LogP contribution in [0.25, 0.3) is 0 Å². The third kappa shape index (κ3) is 4.45. The molecule has 0 saturated heterocycles. The molecule has 1 aromatic heterocycles. The Balaban J connectivity index is 1.66. The number of pyridine rings is 1. The fraction of sp³-hybridized carbons (Fsp3) is 0.0952. The number of carbonyl (C=O) groups is 2. The first-order valence-electron chi connectivity index (χ1n) is 8.46. The molecule has 0 saturated carbocycles. The van der Waals surface area contributed by atoms with Crippen LogP contribution in [0.5, 0.6) is 5.75 Å². The van der Waals surface area contributed by atoms with Crippen LogP contribution in [-0.4, -0.2) is 31.1 Å². The molecule has 7 nitrogen and oxygen atoms in total. The Morgan fingerprint density at radius 1 is 0.893 bits per heavy atom. The summed E-state index contributed by atoms with van der Waals surface area (Å²) in [5.74, 6) is -0.0768. The second kappa shape index (κ2) is 8.68. The van der Waals surface area contributed by atoms with Gasteiger partial charge in [-0.3, -0.25) is 4.79 Å². The highest BCUT2D eigenvalue weighted by molar-refractivity contribution is 6.03. The Bertz CT molecular complexity index is 970. The molecule has 7 heteroatoms. The minimum absolute atomic E-state index is 0.266. The van der Waals surface area contributed by atoms with Crippen LogP contribution in [0.3, 0.4) is 0 Å². The fourth-order valence-electron chi connectivity index (χ4n) is 2.51. The lowest BCUT2D eigenvalue weighted by molar-refractivity contribution is 0.0600. The van der Waals surface area contributed by atoms with E-state index in [0.717, 1.165) is 11.4 Å². The summed E-state index contributed by atoms with van der Waals surface area (Å²) in [5, 5.41) is 5.93. The summed E-state index contributed by atoms with van der Waals surface area (Å²) >= 11 is 0. The lowest BCUT2D eigenvalue weighted by atomic mass is 10.2. The van der Waals surface area contributed by atoms with Gasteiger partial charge in [-0.05, 0) is 48.5 Å². The van der Waals surface area contributed by atoms with Gasteiger partial charge in [0.1, 0.15) is 11.4 Å². The van der Waals surface area contributed by atoms with E-state index in [9.17, 15) is 9.59 Å². The molecule has 0 atom stereocenters. The van der Waals surface area contributed by atoms with E-state index in [0.29, 0.717) is 17.0 Å². The third-order valence-electron chi connectivity index (χ3n) is 3.95. The molecular weight excluding hydrogens is 358 g/mol. The number of anilines is 3. The van der Waals surface area contributed by atoms with Gasteiger partial charge in [-0.1, -0.05) is 12.1 Å². The zero-order chi connectivity index (χ0) is 19.9. The van der Waals surface area contributed by atoms with Crippen molar-refractivity contribution in [3.63, 3.8) is 0 Å². The molecule has 142 valence electrons. The molecule has 0 spiro atoms. The molecule has 0 bridgehead atoms. The van der Waals surface area contributed by atoms with Gasteiger partial charge in [0.05, 0.1) is 37.4 Å². The lowest BCUT2D eigenvalue weighted by Gasteiger charge is -2.11. The van der Waals surface area contributed by atoms with Crippen molar-refractivity contribution in [2.75, 3.05) is 24.9 Å². The first-order valence-corrected chi connectivity index (χ1v) is 8.46. The maximum absolute atomic E-state index is 12.4. The van der Waals surface area contributed by atoms with Gasteiger partial charge in [0.25, 0.3) is 5.91 Å². The molecular formula is C21H19N3O4. The number of hydrogen-bond acceptors (Lipinski definition) is 6. The molecule has 0 fully saturated rings. The van der Waals surface area contributed by atoms with E-state index >= 15 is 0 Å². The van der Waals surface area contributed by atoms with Gasteiger partial charge in [-0.25, -0.2) is 9.78 Å². The van der Waals surface area contributed by atoms with Crippen LogP contribution in [0.15, 0.2) is 66.9 Å². The van der Waals surface area contributed by atoms with Crippen LogP contribution in [0.4, 0.5) is 17.1 Å². The van der Waals surface area contributed by atoms with Gasteiger partial charge in [-0.15, -0.1) is 0 Å². The Morgan fingerprint density at radius 3 is 2.25 bits per heavy atom. The van der Waals surface area contributed by atoms with Crippen LogP contribution in [0.2, 0.25) is 0 Å². The topological polar surface area (TPSA) is 89.5 Å². The van der Waals surface area contributed by atoms with E-state index in [2.05, 4.69) is 20.4 Å². The molecule has 1 amide bonds. The second-order valence-corrected chi connectivity index (χ2v) is 5.78. The molecule has 0 aliphatic heterocycles. The Hall–Kier alpha value is -3.87. The number of ether oxygens (including phenoxy) is 2. The Kier molecular flexibility index (Phi) is 5.86. The maximum Gasteiger partial charge on any atom is 0.337 e. The van der Waals surface area contributed by atoms with Crippen molar-refractivity contribution in [1.82, 2.24) is 4.98 Å². The van der Waals surface area contributed by atoms with Crippen LogP contribution in [0, 0.1) is 0 Å². The zero-order valence-electron chi connectivity index (χ0n) is 15.4. The van der Waals surface area contributed by atoms with Crippen LogP contribution >= 0.6 is 0 Å². The minimum Gasteiger partial charge on any atom is -0.495 e. The SMILES string of the molecule is COC(=O)c1ccc(NC(=O)c2ccc(Nc3ccccc3OC)cn2)cc1. The number of benzene rings is 2. The predicted molar refractivity (Wildman–Crippen MR) is 106 cm³/mol. The van der Waals surface area contributed by atoms with E-state index < -0.39 is 5.97 Å². The third-order valence-corrected chi connectivity index (χ3v) is 3.95. The molecule has 0 aliphatic carbocycles. The van der Waals surface area contributed by atoms with Gasteiger partial charge >= 0.3 is 5.97 Å². The molecule has 0 aliphatic rings. The number of carbonyl (C=O) groups excluding carboxylic acids is 2. The number of amides is 1. The van der Waals surface area contributed by atoms with Gasteiger partial charge in [0, 0.05) is 5.69 Å². The summed E-state index contributed by atoms with van der Waals surface area (Å²) in [4.78, 5) is 28.0. The molecule has 0 unspecified atom stereocenters. The summed E-state index contributed by atoms with van der Waals surface area (Å²) in [7, 11) is 2.92. The summed E-state index contributed by atoms with van der Waals surface area (Å²) in [6.45, 7) is 0. The number of methoxy groups -OCH3 is 2. The van der Waals surface area contributed by atoms with Crippen molar-refractivity contribution >= 4 is 28.9 Å². The molecule has 3 rings (SSSR count). The summed E-state index contributed by atoms with van der Waals surface area (Å²) in [5.41, 5.74) is 2.75. The molecule has 3 aromatic rings. The number of hydrogen-bond donors (Lipinski definition) is 2. The van der Waals surface area contributed by atoms with E-state index in [1.807, 2.05) is 24.3 Å². The van der Waals surface area contributed by atoms with Gasteiger partial charge in [-0.2, -0.15) is 0 Å². The van der Waals surface area contributed by atoms with E-state index in [-0.39, 0.29) is 11.6 Å². The van der Waals surface area contributed by atoms with Crippen LogP contribution < -0.4 is 15.4 Å². The van der Waals surface area contributed by atoms with Crippen molar-refractivity contribution in [3.05, 3.63) is 78.1 Å². The highest BCUT2D eigenvalue weighted by Gasteiger charge is 2.10. The summed E-state index contributed by atoms with van der Waals surface area (Å²) in [6, 6.07) is 17.3. The van der Waals surface area contributed by atoms with Crippen LogP contribution in [0.1, 0.15) is 20.8 Å². The number of nitrogens with zero attached hydrogens (tertiary/aromatic N) is 1. The summed E-state index contributed by atoms with van der Waals surface area (Å²) < 4.78 is 9.94. The standard InChI is InChI=1S/C21H19N3O4/c1-27-19-6-4-3-5-17(19)23-16-11-12-18(22-13-16)20(25)24-15-9-7-14(8-10-15)21(26)28-2/h3-13,23H,1-2H3,(H,24,25). The van der Waals surface area contributed by atoms with Crippen molar-refractivity contribution in [3.8, 4) is 5.75 Å². The number of rotatable bonds is 6. The quantitative estimate of drug-likeness (QED) is 0.634. The molecule has 2 aromatic carbocycles. The van der Waals surface area contributed by atoms with Crippen molar-refractivity contribution < 1.29 is 19.1 Å². The first-order chi connectivity index (χ1) is 13.6. The van der Waals surface area contributed by atoms with Crippen molar-refractivity contribution in [2.24, 2.45) is 0 Å². The number of esters is 1. The first kappa shape index (κ1) is 18.9. The number of nitrogens with one attached hydrogen (secondary N) is 2. The highest BCUT2D eigenvalue weighted by atomic mass is 16.5. The monoisotopic (exact) mass is 377 g/mol. The van der Waals surface area contributed by atoms with E-state index in [4.69, 9.17) is 4.74 Å². The maximum atomic E-state index is 12.4. The van der Waals surface area contributed by atoms with Crippen molar-refractivity contribution in [1.29, 1.82) is 0 Å². The van der Waals surface area contributed by atoms with Gasteiger partial charge in [0.2, 0.25) is 0 Å². The van der Waals surface area contributed by atoms with E-state index in [1.54, 1.807) is 49.7 Å². The largest absolute Gasteiger partial charge is 0.495 e. The second-order valence-electron chi connectivity index (χ2n) is 5.78. The average Bonchev–Trinajstić information content (AvgIpc) is 2.74. The molecule has 2 N–H and O–H groups in total. The number of aromatic nitrogens is 1. The molecule has 0 radical (unpaired) electrons. The normalized spacial score (nSPS) is 10.1. The van der Waals surface area contributed by atoms with Crippen LogP contribution in [-0.2, 0) is 4.74 Å². The zero-order valence-corrected chi connectivity index (χ0v) is 15.4. The highest BCUT2D eigenvalue weighted by Crippen LogP contribution is 2.26.